The zero-order valence-electron chi connectivity index (χ0n) is 14.4. The lowest BCUT2D eigenvalue weighted by molar-refractivity contribution is -0.165. The highest BCUT2D eigenvalue weighted by Crippen LogP contribution is 2.32. The van der Waals surface area contributed by atoms with Crippen molar-refractivity contribution in [2.24, 2.45) is 5.92 Å². The molecule has 0 aromatic heterocycles. The van der Waals surface area contributed by atoms with Gasteiger partial charge in [0.1, 0.15) is 0 Å². The number of ether oxygens (including phenoxy) is 1. The van der Waals surface area contributed by atoms with Crippen LogP contribution in [0.25, 0.3) is 0 Å². The zero-order chi connectivity index (χ0) is 16.9. The summed E-state index contributed by atoms with van der Waals surface area (Å²) in [5, 5.41) is 29.5. The Morgan fingerprint density at radius 1 is 1.17 bits per heavy atom. The summed E-state index contributed by atoms with van der Waals surface area (Å²) < 4.78 is 5.87. The van der Waals surface area contributed by atoms with Gasteiger partial charge in [0.25, 0.3) is 0 Å². The second-order valence-corrected chi connectivity index (χ2v) is 7.48. The SMILES string of the molecule is OC1=CC(CCC2=CCC(OC(O)C3CCCC3)CC2)=CC(O)C1. The van der Waals surface area contributed by atoms with Crippen LogP contribution in [0.3, 0.4) is 0 Å². The Hall–Kier alpha value is -1.10. The van der Waals surface area contributed by atoms with Crippen LogP contribution in [0.2, 0.25) is 0 Å². The topological polar surface area (TPSA) is 69.9 Å². The number of aliphatic hydroxyl groups is 3. The quantitative estimate of drug-likeness (QED) is 0.509. The van der Waals surface area contributed by atoms with Gasteiger partial charge in [-0.1, -0.05) is 30.6 Å². The first-order valence-electron chi connectivity index (χ1n) is 9.40. The Morgan fingerprint density at radius 3 is 2.62 bits per heavy atom. The average Bonchev–Trinajstić information content (AvgIpc) is 3.08. The molecule has 4 nitrogen and oxygen atoms in total. The fourth-order valence-electron chi connectivity index (χ4n) is 4.07. The minimum atomic E-state index is -0.588. The summed E-state index contributed by atoms with van der Waals surface area (Å²) in [5.41, 5.74) is 2.43. The van der Waals surface area contributed by atoms with Crippen molar-refractivity contribution >= 4 is 0 Å². The second kappa shape index (κ2) is 8.32. The molecule has 3 atom stereocenters. The summed E-state index contributed by atoms with van der Waals surface area (Å²) in [7, 11) is 0. The summed E-state index contributed by atoms with van der Waals surface area (Å²) in [6.07, 6.45) is 14.5. The molecule has 24 heavy (non-hydrogen) atoms. The third kappa shape index (κ3) is 4.95. The van der Waals surface area contributed by atoms with E-state index < -0.39 is 12.4 Å². The Kier molecular flexibility index (Phi) is 6.14. The van der Waals surface area contributed by atoms with Crippen LogP contribution >= 0.6 is 0 Å². The van der Waals surface area contributed by atoms with E-state index in [2.05, 4.69) is 6.08 Å². The molecule has 1 fully saturated rings. The molecule has 0 aromatic carbocycles. The van der Waals surface area contributed by atoms with Gasteiger partial charge in [0, 0.05) is 12.3 Å². The van der Waals surface area contributed by atoms with Crippen molar-refractivity contribution < 1.29 is 20.1 Å². The molecule has 1 saturated carbocycles. The van der Waals surface area contributed by atoms with Crippen molar-refractivity contribution in [1.29, 1.82) is 0 Å². The maximum Gasteiger partial charge on any atom is 0.157 e. The highest BCUT2D eigenvalue weighted by atomic mass is 16.6. The Morgan fingerprint density at radius 2 is 1.96 bits per heavy atom. The zero-order valence-corrected chi connectivity index (χ0v) is 14.4. The van der Waals surface area contributed by atoms with E-state index in [9.17, 15) is 15.3 Å². The van der Waals surface area contributed by atoms with E-state index in [4.69, 9.17) is 4.74 Å². The van der Waals surface area contributed by atoms with Gasteiger partial charge in [0.15, 0.2) is 6.29 Å². The monoisotopic (exact) mass is 334 g/mol. The van der Waals surface area contributed by atoms with Gasteiger partial charge in [-0.25, -0.2) is 0 Å². The fourth-order valence-corrected chi connectivity index (χ4v) is 4.07. The highest BCUT2D eigenvalue weighted by molar-refractivity contribution is 5.28. The molecule has 134 valence electrons. The molecule has 0 amide bonds. The maximum atomic E-state index is 10.2. The molecule has 3 N–H and O–H groups in total. The van der Waals surface area contributed by atoms with Crippen LogP contribution in [-0.4, -0.2) is 33.8 Å². The first-order chi connectivity index (χ1) is 11.6. The Labute approximate surface area is 144 Å². The molecular formula is C20H30O4. The van der Waals surface area contributed by atoms with Gasteiger partial charge in [-0.05, 0) is 56.6 Å². The summed E-state index contributed by atoms with van der Waals surface area (Å²) in [6, 6.07) is 0. The van der Waals surface area contributed by atoms with E-state index in [1.165, 1.54) is 18.4 Å². The number of allylic oxidation sites excluding steroid dienone is 3. The Balaban J connectivity index is 1.42. The molecule has 3 unspecified atom stereocenters. The summed E-state index contributed by atoms with van der Waals surface area (Å²) in [5.74, 6) is 0.603. The summed E-state index contributed by atoms with van der Waals surface area (Å²) in [4.78, 5) is 0. The van der Waals surface area contributed by atoms with Crippen molar-refractivity contribution in [3.63, 3.8) is 0 Å². The van der Waals surface area contributed by atoms with Gasteiger partial charge in [0.05, 0.1) is 18.0 Å². The van der Waals surface area contributed by atoms with Gasteiger partial charge >= 0.3 is 0 Å². The molecule has 3 aliphatic carbocycles. The molecule has 0 bridgehead atoms. The molecule has 0 heterocycles. The molecule has 4 heteroatoms. The summed E-state index contributed by atoms with van der Waals surface area (Å²) >= 11 is 0. The van der Waals surface area contributed by atoms with Crippen molar-refractivity contribution in [1.82, 2.24) is 0 Å². The number of hydrogen-bond donors (Lipinski definition) is 3. The third-order valence-electron chi connectivity index (χ3n) is 5.50. The first kappa shape index (κ1) is 17.7. The smallest absolute Gasteiger partial charge is 0.157 e. The largest absolute Gasteiger partial charge is 0.512 e. The van der Waals surface area contributed by atoms with Crippen LogP contribution in [0.5, 0.6) is 0 Å². The number of hydrogen-bond acceptors (Lipinski definition) is 4. The predicted octanol–water partition coefficient (Wildman–Crippen LogP) is 3.90. The maximum absolute atomic E-state index is 10.2. The van der Waals surface area contributed by atoms with E-state index in [1.807, 2.05) is 6.08 Å². The fraction of sp³-hybridized carbons (Fsp3) is 0.700. The van der Waals surface area contributed by atoms with E-state index in [1.54, 1.807) is 6.08 Å². The molecule has 0 aromatic rings. The number of aliphatic hydroxyl groups excluding tert-OH is 3. The Bertz CT molecular complexity index is 514. The van der Waals surface area contributed by atoms with Crippen LogP contribution < -0.4 is 0 Å². The summed E-state index contributed by atoms with van der Waals surface area (Å²) in [6.45, 7) is 0. The number of rotatable bonds is 6. The van der Waals surface area contributed by atoms with Gasteiger partial charge in [-0.2, -0.15) is 0 Å². The predicted molar refractivity (Wildman–Crippen MR) is 93.4 cm³/mol. The third-order valence-corrected chi connectivity index (χ3v) is 5.50. The minimum absolute atomic E-state index is 0.143. The van der Waals surface area contributed by atoms with Gasteiger partial charge in [-0.15, -0.1) is 0 Å². The van der Waals surface area contributed by atoms with Crippen LogP contribution in [0, 0.1) is 5.92 Å². The van der Waals surface area contributed by atoms with Crippen LogP contribution in [0.1, 0.15) is 64.2 Å². The van der Waals surface area contributed by atoms with Crippen LogP contribution in [-0.2, 0) is 4.74 Å². The van der Waals surface area contributed by atoms with Crippen molar-refractivity contribution in [2.75, 3.05) is 0 Å². The van der Waals surface area contributed by atoms with E-state index in [0.717, 1.165) is 50.5 Å². The molecule has 0 radical (unpaired) electrons. The van der Waals surface area contributed by atoms with Crippen molar-refractivity contribution in [3.8, 4) is 0 Å². The minimum Gasteiger partial charge on any atom is -0.512 e. The average molecular weight is 334 g/mol. The van der Waals surface area contributed by atoms with E-state index in [-0.39, 0.29) is 11.9 Å². The van der Waals surface area contributed by atoms with Crippen LogP contribution in [0.4, 0.5) is 0 Å². The van der Waals surface area contributed by atoms with Crippen molar-refractivity contribution in [2.45, 2.75) is 82.7 Å². The first-order valence-corrected chi connectivity index (χ1v) is 9.40. The highest BCUT2D eigenvalue weighted by Gasteiger charge is 2.27. The van der Waals surface area contributed by atoms with Gasteiger partial charge in [0.2, 0.25) is 0 Å². The van der Waals surface area contributed by atoms with Crippen LogP contribution in [0.15, 0.2) is 35.1 Å². The lowest BCUT2D eigenvalue weighted by Gasteiger charge is -2.27. The molecule has 0 saturated heterocycles. The van der Waals surface area contributed by atoms with Gasteiger partial charge in [-0.3, -0.25) is 0 Å². The lowest BCUT2D eigenvalue weighted by Crippen LogP contribution is -2.28. The standard InChI is InChI=1S/C20H30O4/c21-17-11-15(12-18(22)13-17)6-5-14-7-9-19(10-8-14)24-20(23)16-3-1-2-4-16/h7,11-12,16-17,19-23H,1-6,8-10,13H2. The van der Waals surface area contributed by atoms with Gasteiger partial charge < -0.3 is 20.1 Å². The van der Waals surface area contributed by atoms with E-state index >= 15 is 0 Å². The lowest BCUT2D eigenvalue weighted by atomic mass is 9.91. The molecule has 3 rings (SSSR count). The second-order valence-electron chi connectivity index (χ2n) is 7.48. The normalized spacial score (nSPS) is 29.8. The van der Waals surface area contributed by atoms with Crippen molar-refractivity contribution in [3.05, 3.63) is 35.1 Å². The molecular weight excluding hydrogens is 304 g/mol. The molecule has 0 aliphatic heterocycles. The van der Waals surface area contributed by atoms with E-state index in [0.29, 0.717) is 12.3 Å². The molecule has 3 aliphatic rings. The molecule has 0 spiro atoms.